The van der Waals surface area contributed by atoms with E-state index in [1.165, 1.54) is 6.07 Å². The predicted octanol–water partition coefficient (Wildman–Crippen LogP) is 3.84. The highest BCUT2D eigenvalue weighted by Gasteiger charge is 2.14. The van der Waals surface area contributed by atoms with E-state index in [4.69, 9.17) is 4.42 Å². The summed E-state index contributed by atoms with van der Waals surface area (Å²) in [7, 11) is 0. The van der Waals surface area contributed by atoms with Gasteiger partial charge in [0.1, 0.15) is 12.1 Å². The number of nitrogens with zero attached hydrogens (tertiary/aromatic N) is 5. The van der Waals surface area contributed by atoms with Crippen LogP contribution in [0.4, 0.5) is 8.78 Å². The van der Waals surface area contributed by atoms with Crippen LogP contribution in [0.5, 0.6) is 0 Å². The Morgan fingerprint density at radius 3 is 2.83 bits per heavy atom. The molecule has 0 radical (unpaired) electrons. The lowest BCUT2D eigenvalue weighted by Gasteiger charge is -2.02. The van der Waals surface area contributed by atoms with Gasteiger partial charge in [-0.05, 0) is 18.2 Å². The maximum Gasteiger partial charge on any atom is 0.272 e. The molecule has 4 heterocycles. The van der Waals surface area contributed by atoms with Crippen molar-refractivity contribution in [2.45, 2.75) is 19.9 Å². The molecule has 0 unspecified atom stereocenters. The van der Waals surface area contributed by atoms with Gasteiger partial charge in [0.25, 0.3) is 6.43 Å². The smallest absolute Gasteiger partial charge is 0.272 e. The Morgan fingerprint density at radius 1 is 1.25 bits per heavy atom. The van der Waals surface area contributed by atoms with Crippen LogP contribution in [0.25, 0.3) is 21.5 Å². The maximum atomic E-state index is 12.8. The van der Waals surface area contributed by atoms with Crippen LogP contribution in [-0.2, 0) is 6.54 Å². The molecule has 9 heteroatoms. The normalized spacial score (nSPS) is 11.7. The zero-order chi connectivity index (χ0) is 16.7. The fourth-order valence-electron chi connectivity index (χ4n) is 2.37. The van der Waals surface area contributed by atoms with Crippen molar-refractivity contribution in [3.8, 4) is 10.4 Å². The Kier molecular flexibility index (Phi) is 3.57. The van der Waals surface area contributed by atoms with Gasteiger partial charge in [0.2, 0.25) is 11.8 Å². The van der Waals surface area contributed by atoms with Crippen LogP contribution < -0.4 is 0 Å². The molecule has 0 amide bonds. The molecule has 6 nitrogen and oxygen atoms in total. The molecule has 0 fully saturated rings. The van der Waals surface area contributed by atoms with Gasteiger partial charge in [0.05, 0.1) is 16.6 Å². The summed E-state index contributed by atoms with van der Waals surface area (Å²) in [5.41, 5.74) is 2.25. The number of fused-ring (bicyclic) bond motifs is 1. The standard InChI is InChI=1S/C15H11F2N5OS/c1-8-20-21-14(23-8)7-22-11-4-9(5-18-10(11)6-19-22)12-2-3-13(24-12)15(16)17/h2-6,15H,7H2,1H3. The lowest BCUT2D eigenvalue weighted by Crippen LogP contribution is -2.01. The van der Waals surface area contributed by atoms with Crippen molar-refractivity contribution in [3.63, 3.8) is 0 Å². The molecular formula is C15H11F2N5OS. The summed E-state index contributed by atoms with van der Waals surface area (Å²) in [4.78, 5) is 5.13. The second-order valence-electron chi connectivity index (χ2n) is 5.15. The average molecular weight is 347 g/mol. The van der Waals surface area contributed by atoms with Crippen LogP contribution in [0.1, 0.15) is 23.1 Å². The van der Waals surface area contributed by atoms with Gasteiger partial charge < -0.3 is 4.42 Å². The summed E-state index contributed by atoms with van der Waals surface area (Å²) in [5, 5.41) is 12.0. The first kappa shape index (κ1) is 14.9. The van der Waals surface area contributed by atoms with Gasteiger partial charge in [-0.15, -0.1) is 21.5 Å². The minimum atomic E-state index is -2.47. The molecule has 4 aromatic heterocycles. The molecule has 0 bridgehead atoms. The zero-order valence-corrected chi connectivity index (χ0v) is 13.3. The van der Waals surface area contributed by atoms with Gasteiger partial charge in [-0.25, -0.2) is 8.78 Å². The molecule has 4 rings (SSSR count). The van der Waals surface area contributed by atoms with E-state index < -0.39 is 6.43 Å². The van der Waals surface area contributed by atoms with Crippen molar-refractivity contribution in [1.29, 1.82) is 0 Å². The first-order chi connectivity index (χ1) is 11.6. The number of pyridine rings is 1. The summed E-state index contributed by atoms with van der Waals surface area (Å²) < 4.78 is 32.6. The molecule has 0 spiro atoms. The topological polar surface area (TPSA) is 69.6 Å². The van der Waals surface area contributed by atoms with Crippen molar-refractivity contribution in [2.75, 3.05) is 0 Å². The molecule has 0 saturated heterocycles. The number of hydrogen-bond donors (Lipinski definition) is 0. The largest absolute Gasteiger partial charge is 0.424 e. The van der Waals surface area contributed by atoms with Gasteiger partial charge >= 0.3 is 0 Å². The minimum absolute atomic E-state index is 0.0416. The second kappa shape index (κ2) is 5.75. The summed E-state index contributed by atoms with van der Waals surface area (Å²) >= 11 is 1.06. The van der Waals surface area contributed by atoms with Gasteiger partial charge in [-0.3, -0.25) is 9.67 Å². The Balaban J connectivity index is 1.72. The fraction of sp³-hybridized carbons (Fsp3) is 0.200. The molecule has 4 aromatic rings. The highest BCUT2D eigenvalue weighted by atomic mass is 32.1. The number of hydrogen-bond acceptors (Lipinski definition) is 6. The summed E-state index contributed by atoms with van der Waals surface area (Å²) in [6, 6.07) is 4.99. The average Bonchev–Trinajstić information content (AvgIpc) is 3.28. The summed E-state index contributed by atoms with van der Waals surface area (Å²) in [6.45, 7) is 2.04. The number of halogens is 2. The Labute approximate surface area is 138 Å². The van der Waals surface area contributed by atoms with E-state index in [0.717, 1.165) is 27.3 Å². The van der Waals surface area contributed by atoms with Crippen molar-refractivity contribution in [2.24, 2.45) is 0 Å². The quantitative estimate of drug-likeness (QED) is 0.561. The Morgan fingerprint density at radius 2 is 2.12 bits per heavy atom. The van der Waals surface area contributed by atoms with Crippen LogP contribution >= 0.6 is 11.3 Å². The number of rotatable bonds is 4. The minimum Gasteiger partial charge on any atom is -0.424 e. The molecule has 0 aliphatic carbocycles. The number of alkyl halides is 2. The fourth-order valence-corrected chi connectivity index (χ4v) is 3.22. The molecule has 24 heavy (non-hydrogen) atoms. The van der Waals surface area contributed by atoms with Crippen LogP contribution in [0.3, 0.4) is 0 Å². The molecule has 0 saturated carbocycles. The summed E-state index contributed by atoms with van der Waals surface area (Å²) in [6.07, 6.45) is 0.833. The van der Waals surface area contributed by atoms with Crippen molar-refractivity contribution >= 4 is 22.4 Å². The van der Waals surface area contributed by atoms with Crippen LogP contribution in [0.2, 0.25) is 0 Å². The highest BCUT2D eigenvalue weighted by Crippen LogP contribution is 2.34. The third kappa shape index (κ3) is 2.67. The molecular weight excluding hydrogens is 336 g/mol. The van der Waals surface area contributed by atoms with Crippen molar-refractivity contribution < 1.29 is 13.2 Å². The van der Waals surface area contributed by atoms with Crippen molar-refractivity contribution in [1.82, 2.24) is 25.0 Å². The molecule has 0 atom stereocenters. The predicted molar refractivity (Wildman–Crippen MR) is 83.9 cm³/mol. The summed E-state index contributed by atoms with van der Waals surface area (Å²) in [5.74, 6) is 0.928. The van der Waals surface area contributed by atoms with Crippen LogP contribution in [0.15, 0.2) is 35.0 Å². The van der Waals surface area contributed by atoms with E-state index in [2.05, 4.69) is 20.3 Å². The van der Waals surface area contributed by atoms with E-state index in [9.17, 15) is 8.78 Å². The Hall–Kier alpha value is -2.68. The lowest BCUT2D eigenvalue weighted by molar-refractivity contribution is 0.155. The number of aromatic nitrogens is 5. The van der Waals surface area contributed by atoms with E-state index in [0.29, 0.717) is 23.8 Å². The van der Waals surface area contributed by atoms with E-state index in [1.54, 1.807) is 30.1 Å². The highest BCUT2D eigenvalue weighted by molar-refractivity contribution is 7.15. The molecule has 0 aromatic carbocycles. The lowest BCUT2D eigenvalue weighted by atomic mass is 10.2. The molecule has 0 aliphatic heterocycles. The molecule has 0 aliphatic rings. The van der Waals surface area contributed by atoms with E-state index in [-0.39, 0.29) is 4.88 Å². The second-order valence-corrected chi connectivity index (χ2v) is 6.26. The molecule has 0 N–H and O–H groups in total. The van der Waals surface area contributed by atoms with Gasteiger partial charge in [-0.2, -0.15) is 5.10 Å². The Bertz CT molecular complexity index is 1010. The SMILES string of the molecule is Cc1nnc(Cn2ncc3ncc(-c4ccc(C(F)F)s4)cc32)o1. The first-order valence-electron chi connectivity index (χ1n) is 7.09. The van der Waals surface area contributed by atoms with Gasteiger partial charge in [0.15, 0.2) is 0 Å². The third-order valence-corrected chi connectivity index (χ3v) is 4.62. The first-order valence-corrected chi connectivity index (χ1v) is 7.90. The van der Waals surface area contributed by atoms with E-state index >= 15 is 0 Å². The molecule has 122 valence electrons. The number of aryl methyl sites for hydroxylation is 1. The third-order valence-electron chi connectivity index (χ3n) is 3.47. The van der Waals surface area contributed by atoms with Crippen LogP contribution in [0, 0.1) is 6.92 Å². The van der Waals surface area contributed by atoms with Crippen molar-refractivity contribution in [3.05, 3.63) is 47.3 Å². The van der Waals surface area contributed by atoms with Crippen LogP contribution in [-0.4, -0.2) is 25.0 Å². The maximum absolute atomic E-state index is 12.8. The number of thiophene rings is 1. The van der Waals surface area contributed by atoms with Gasteiger partial charge in [-0.1, -0.05) is 0 Å². The van der Waals surface area contributed by atoms with Gasteiger partial charge in [0, 0.05) is 23.6 Å². The van der Waals surface area contributed by atoms with E-state index in [1.807, 2.05) is 6.07 Å². The monoisotopic (exact) mass is 347 g/mol. The zero-order valence-electron chi connectivity index (χ0n) is 12.5.